The molecule has 0 aromatic heterocycles. The molecule has 3 aromatic carbocycles. The third kappa shape index (κ3) is 4.62. The number of hydrogen-bond donors (Lipinski definition) is 1. The second-order valence-electron chi connectivity index (χ2n) is 9.85. The fourth-order valence-electron chi connectivity index (χ4n) is 4.48. The topological polar surface area (TPSA) is 57.6 Å². The number of carbonyl (C=O) groups excluding carboxylic acids is 2. The monoisotopic (exact) mass is 441 g/mol. The summed E-state index contributed by atoms with van der Waals surface area (Å²) in [5.74, 6) is -0.663. The minimum absolute atomic E-state index is 0.0135. The Hall–Kier alpha value is -3.24. The third-order valence-corrected chi connectivity index (χ3v) is 6.42. The van der Waals surface area contributed by atoms with E-state index in [-0.39, 0.29) is 17.6 Å². The van der Waals surface area contributed by atoms with Crippen LogP contribution in [0.5, 0.6) is 0 Å². The van der Waals surface area contributed by atoms with E-state index in [9.17, 15) is 14.7 Å². The van der Waals surface area contributed by atoms with Gasteiger partial charge in [-0.2, -0.15) is 0 Å². The van der Waals surface area contributed by atoms with Crippen LogP contribution in [0.3, 0.4) is 0 Å². The van der Waals surface area contributed by atoms with Crippen molar-refractivity contribution in [3.8, 4) is 0 Å². The van der Waals surface area contributed by atoms with Gasteiger partial charge in [0, 0.05) is 17.7 Å². The second kappa shape index (κ2) is 8.95. The number of aliphatic hydroxyl groups is 1. The van der Waals surface area contributed by atoms with Crippen LogP contribution in [0.1, 0.15) is 60.7 Å². The maximum absolute atomic E-state index is 13.4. The number of hydrogen-bond acceptors (Lipinski definition) is 3. The number of fused-ring (bicyclic) bond motifs is 1. The summed E-state index contributed by atoms with van der Waals surface area (Å²) in [5, 5.41) is 11.5. The van der Waals surface area contributed by atoms with Crippen molar-refractivity contribution >= 4 is 17.4 Å². The van der Waals surface area contributed by atoms with Crippen LogP contribution in [0.15, 0.2) is 78.9 Å². The van der Waals surface area contributed by atoms with Gasteiger partial charge >= 0.3 is 0 Å². The highest BCUT2D eigenvalue weighted by molar-refractivity contribution is 6.10. The molecule has 0 aliphatic carbocycles. The Morgan fingerprint density at radius 2 is 1.55 bits per heavy atom. The van der Waals surface area contributed by atoms with Gasteiger partial charge in [0.25, 0.3) is 5.91 Å². The molecule has 1 amide bonds. The fraction of sp³-hybridized carbons (Fsp3) is 0.310. The number of Topliss-reactive ketones (excluding diaryl/α,β-unsaturated/α-hetero) is 1. The maximum Gasteiger partial charge on any atom is 0.264 e. The lowest BCUT2D eigenvalue weighted by atomic mass is 9.85. The number of rotatable bonds is 7. The molecule has 4 heteroatoms. The van der Waals surface area contributed by atoms with Crippen LogP contribution in [-0.2, 0) is 22.2 Å². The molecule has 1 heterocycles. The van der Waals surface area contributed by atoms with Gasteiger partial charge in [0.05, 0.1) is 12.1 Å². The number of para-hydroxylation sites is 1. The highest BCUT2D eigenvalue weighted by Gasteiger charge is 2.50. The summed E-state index contributed by atoms with van der Waals surface area (Å²) in [6, 6.07) is 24.8. The van der Waals surface area contributed by atoms with Gasteiger partial charge in [-0.25, -0.2) is 0 Å². The lowest BCUT2D eigenvalue weighted by Crippen LogP contribution is -2.42. The zero-order chi connectivity index (χ0) is 23.6. The molecule has 4 nitrogen and oxygen atoms in total. The predicted octanol–water partition coefficient (Wildman–Crippen LogP) is 5.42. The molecule has 170 valence electrons. The van der Waals surface area contributed by atoms with E-state index >= 15 is 0 Å². The molecule has 4 rings (SSSR count). The molecule has 33 heavy (non-hydrogen) atoms. The van der Waals surface area contributed by atoms with E-state index in [4.69, 9.17) is 0 Å². The van der Waals surface area contributed by atoms with Crippen molar-refractivity contribution < 1.29 is 14.7 Å². The Balaban J connectivity index is 1.52. The Bertz CT molecular complexity index is 1150. The van der Waals surface area contributed by atoms with E-state index < -0.39 is 11.5 Å². The van der Waals surface area contributed by atoms with Crippen LogP contribution in [0, 0.1) is 0 Å². The summed E-state index contributed by atoms with van der Waals surface area (Å²) < 4.78 is 0. The van der Waals surface area contributed by atoms with E-state index in [0.29, 0.717) is 23.4 Å². The van der Waals surface area contributed by atoms with Crippen LogP contribution in [0.25, 0.3) is 0 Å². The highest BCUT2D eigenvalue weighted by atomic mass is 16.3. The first-order valence-electron chi connectivity index (χ1n) is 11.5. The van der Waals surface area contributed by atoms with Crippen molar-refractivity contribution in [3.05, 3.63) is 101 Å². The standard InChI is InChI=1S/C29H31NO3/c1-28(2,3)23-17-15-22(16-18-23)26(31)20-29(33)24-13-7-8-14-25(24)30(27(29)32)19-9-12-21-10-5-4-6-11-21/h4-8,10-11,13-18,33H,9,12,19-20H2,1-3H3. The van der Waals surface area contributed by atoms with Crippen molar-refractivity contribution in [3.63, 3.8) is 0 Å². The van der Waals surface area contributed by atoms with Crippen molar-refractivity contribution in [2.75, 3.05) is 11.4 Å². The highest BCUT2D eigenvalue weighted by Crippen LogP contribution is 2.43. The zero-order valence-electron chi connectivity index (χ0n) is 19.5. The molecule has 0 radical (unpaired) electrons. The van der Waals surface area contributed by atoms with Gasteiger partial charge in [-0.1, -0.05) is 93.6 Å². The number of nitrogens with zero attached hydrogens (tertiary/aromatic N) is 1. The van der Waals surface area contributed by atoms with E-state index in [2.05, 4.69) is 32.9 Å². The van der Waals surface area contributed by atoms with Gasteiger partial charge in [-0.15, -0.1) is 0 Å². The van der Waals surface area contributed by atoms with Crippen LogP contribution in [0.4, 0.5) is 5.69 Å². The summed E-state index contributed by atoms with van der Waals surface area (Å²) in [6.45, 7) is 6.84. The van der Waals surface area contributed by atoms with Crippen LogP contribution in [0.2, 0.25) is 0 Å². The number of ketones is 1. The lowest BCUT2D eigenvalue weighted by Gasteiger charge is -2.23. The van der Waals surface area contributed by atoms with Crippen molar-refractivity contribution in [1.82, 2.24) is 0 Å². The largest absolute Gasteiger partial charge is 0.375 e. The van der Waals surface area contributed by atoms with Gasteiger partial charge in [0.2, 0.25) is 0 Å². The van der Waals surface area contributed by atoms with Crippen LogP contribution < -0.4 is 4.90 Å². The predicted molar refractivity (Wildman–Crippen MR) is 132 cm³/mol. The van der Waals surface area contributed by atoms with E-state index in [1.807, 2.05) is 42.5 Å². The Morgan fingerprint density at radius 3 is 2.21 bits per heavy atom. The average molecular weight is 442 g/mol. The molecule has 3 aromatic rings. The molecular weight excluding hydrogens is 410 g/mol. The molecule has 0 fully saturated rings. The van der Waals surface area contributed by atoms with Gasteiger partial charge < -0.3 is 10.0 Å². The number of amides is 1. The SMILES string of the molecule is CC(C)(C)c1ccc(C(=O)CC2(O)C(=O)N(CCCc3ccccc3)c3ccccc32)cc1. The first-order valence-corrected chi connectivity index (χ1v) is 11.5. The summed E-state index contributed by atoms with van der Waals surface area (Å²) in [6.07, 6.45) is 1.33. The molecule has 0 saturated carbocycles. The van der Waals surface area contributed by atoms with Gasteiger partial charge in [0.1, 0.15) is 0 Å². The van der Waals surface area contributed by atoms with Crippen molar-refractivity contribution in [1.29, 1.82) is 0 Å². The van der Waals surface area contributed by atoms with E-state index in [0.717, 1.165) is 18.4 Å². The smallest absolute Gasteiger partial charge is 0.264 e. The van der Waals surface area contributed by atoms with E-state index in [1.165, 1.54) is 5.56 Å². The third-order valence-electron chi connectivity index (χ3n) is 6.42. The van der Waals surface area contributed by atoms with Crippen LogP contribution >= 0.6 is 0 Å². The minimum Gasteiger partial charge on any atom is -0.375 e. The first-order chi connectivity index (χ1) is 15.7. The molecule has 0 bridgehead atoms. The summed E-state index contributed by atoms with van der Waals surface area (Å²) >= 11 is 0. The minimum atomic E-state index is -1.84. The van der Waals surface area contributed by atoms with Crippen molar-refractivity contribution in [2.45, 2.75) is 51.0 Å². The molecule has 1 unspecified atom stereocenters. The van der Waals surface area contributed by atoms with Gasteiger partial charge in [-0.3, -0.25) is 9.59 Å². The average Bonchev–Trinajstić information content (AvgIpc) is 3.01. The number of anilines is 1. The van der Waals surface area contributed by atoms with Gasteiger partial charge in [0.15, 0.2) is 11.4 Å². The zero-order valence-corrected chi connectivity index (χ0v) is 19.5. The van der Waals surface area contributed by atoms with Crippen LogP contribution in [-0.4, -0.2) is 23.3 Å². The molecule has 1 aliphatic rings. The van der Waals surface area contributed by atoms with E-state index in [1.54, 1.807) is 29.2 Å². The quantitative estimate of drug-likeness (QED) is 0.498. The Morgan fingerprint density at radius 1 is 0.909 bits per heavy atom. The van der Waals surface area contributed by atoms with Gasteiger partial charge in [-0.05, 0) is 35.4 Å². The number of aryl methyl sites for hydroxylation is 1. The molecule has 1 atom stereocenters. The number of carbonyl (C=O) groups is 2. The Kier molecular flexibility index (Phi) is 6.22. The summed E-state index contributed by atoms with van der Waals surface area (Å²) in [4.78, 5) is 28.1. The summed E-state index contributed by atoms with van der Waals surface area (Å²) in [7, 11) is 0. The number of benzene rings is 3. The second-order valence-corrected chi connectivity index (χ2v) is 9.85. The molecular formula is C29H31NO3. The molecule has 0 spiro atoms. The summed E-state index contributed by atoms with van der Waals surface area (Å²) in [5.41, 5.74) is 2.18. The molecule has 1 aliphatic heterocycles. The Labute approximate surface area is 195 Å². The molecule has 1 N–H and O–H groups in total. The lowest BCUT2D eigenvalue weighted by molar-refractivity contribution is -0.135. The normalized spacial score (nSPS) is 17.8. The maximum atomic E-state index is 13.4. The molecule has 0 saturated heterocycles. The van der Waals surface area contributed by atoms with Crippen molar-refractivity contribution in [2.24, 2.45) is 0 Å². The first kappa shape index (κ1) is 22.9. The fourth-order valence-corrected chi connectivity index (χ4v) is 4.48.